The Kier molecular flexibility index (Phi) is 4.62. The van der Waals surface area contributed by atoms with Crippen LogP contribution in [0.1, 0.15) is 12.0 Å². The van der Waals surface area contributed by atoms with Crippen molar-refractivity contribution in [2.75, 3.05) is 40.4 Å². The van der Waals surface area contributed by atoms with Crippen LogP contribution in [0.2, 0.25) is 10.0 Å². The molecule has 6 heteroatoms. The number of ether oxygens (including phenoxy) is 1. The number of nitrogens with zero attached hydrogens (tertiary/aromatic N) is 3. The quantitative estimate of drug-likeness (QED) is 0.841. The Morgan fingerprint density at radius 1 is 1.27 bits per heavy atom. The first-order valence-corrected chi connectivity index (χ1v) is 8.07. The minimum atomic E-state index is 0.577. The van der Waals surface area contributed by atoms with E-state index in [0.29, 0.717) is 16.7 Å². The van der Waals surface area contributed by atoms with Gasteiger partial charge in [0.15, 0.2) is 0 Å². The highest BCUT2D eigenvalue weighted by Crippen LogP contribution is 2.34. The summed E-state index contributed by atoms with van der Waals surface area (Å²) in [6, 6.07) is 5.82. The summed E-state index contributed by atoms with van der Waals surface area (Å²) in [6.07, 6.45) is 0.966. The van der Waals surface area contributed by atoms with Gasteiger partial charge in [-0.15, -0.1) is 0 Å². The molecule has 0 spiro atoms. The molecule has 0 aromatic heterocycles. The lowest BCUT2D eigenvalue weighted by Gasteiger charge is -2.33. The largest absolute Gasteiger partial charge is 0.383 e. The van der Waals surface area contributed by atoms with Gasteiger partial charge in [-0.1, -0.05) is 29.3 Å². The Bertz CT molecular complexity index is 642. The fourth-order valence-electron chi connectivity index (χ4n) is 3.00. The number of hydrazone groups is 1. The van der Waals surface area contributed by atoms with E-state index in [-0.39, 0.29) is 0 Å². The molecule has 1 aromatic rings. The second kappa shape index (κ2) is 6.49. The molecule has 0 fully saturated rings. The fourth-order valence-corrected chi connectivity index (χ4v) is 3.30. The molecule has 0 bridgehead atoms. The van der Waals surface area contributed by atoms with Gasteiger partial charge in [0.25, 0.3) is 0 Å². The normalized spacial score (nSPS) is 17.9. The van der Waals surface area contributed by atoms with Crippen molar-refractivity contribution in [2.24, 2.45) is 5.10 Å². The van der Waals surface area contributed by atoms with Crippen LogP contribution in [0.4, 0.5) is 0 Å². The first-order chi connectivity index (χ1) is 10.6. The Morgan fingerprint density at radius 3 is 2.82 bits per heavy atom. The van der Waals surface area contributed by atoms with Crippen LogP contribution in [0.15, 0.2) is 28.9 Å². The monoisotopic (exact) mass is 339 g/mol. The molecule has 3 rings (SSSR count). The molecule has 118 valence electrons. The summed E-state index contributed by atoms with van der Waals surface area (Å²) in [5.41, 5.74) is 4.74. The molecule has 0 unspecified atom stereocenters. The Balaban J connectivity index is 2.05. The average molecular weight is 340 g/mol. The maximum Gasteiger partial charge on any atom is 0.0694 e. The van der Waals surface area contributed by atoms with Crippen LogP contribution < -0.4 is 0 Å². The molecule has 2 heterocycles. The molecule has 0 amide bonds. The topological polar surface area (TPSA) is 28.1 Å². The predicted octanol–water partition coefficient (Wildman–Crippen LogP) is 3.36. The van der Waals surface area contributed by atoms with Crippen molar-refractivity contribution in [1.29, 1.82) is 0 Å². The van der Waals surface area contributed by atoms with Crippen LogP contribution in [-0.4, -0.2) is 56.0 Å². The molecule has 2 aliphatic heterocycles. The molecule has 0 N–H and O–H groups in total. The van der Waals surface area contributed by atoms with Gasteiger partial charge in [-0.3, -0.25) is 5.01 Å². The Labute approximate surface area is 140 Å². The minimum absolute atomic E-state index is 0.577. The summed E-state index contributed by atoms with van der Waals surface area (Å²) in [5.74, 6) is 0. The standard InChI is InChI=1S/C16H19Cl2N3O/c1-20-10-12-15(19-20)5-6-21(7-8-22-2)16(12)11-3-4-13(17)14(18)9-11/h3-4,9H,5-8,10H2,1-2H3. The summed E-state index contributed by atoms with van der Waals surface area (Å²) in [7, 11) is 3.73. The highest BCUT2D eigenvalue weighted by atomic mass is 35.5. The van der Waals surface area contributed by atoms with Crippen LogP contribution >= 0.6 is 23.2 Å². The molecule has 1 aromatic carbocycles. The Morgan fingerprint density at radius 2 is 2.09 bits per heavy atom. The first-order valence-electron chi connectivity index (χ1n) is 7.31. The van der Waals surface area contributed by atoms with Crippen molar-refractivity contribution in [2.45, 2.75) is 6.42 Å². The highest BCUT2D eigenvalue weighted by Gasteiger charge is 2.30. The molecule has 4 nitrogen and oxygen atoms in total. The summed E-state index contributed by atoms with van der Waals surface area (Å²) in [5, 5.41) is 7.76. The fraction of sp³-hybridized carbons (Fsp3) is 0.438. The molecule has 0 saturated carbocycles. The number of likely N-dealkylation sites (N-methyl/N-ethyl adjacent to an activating group) is 1. The molecule has 0 radical (unpaired) electrons. The SMILES string of the molecule is COCCN1CCC2=NN(C)CC2=C1c1ccc(Cl)c(Cl)c1. The molecule has 0 aliphatic carbocycles. The number of halogens is 2. The van der Waals surface area contributed by atoms with Gasteiger partial charge in [0.2, 0.25) is 0 Å². The van der Waals surface area contributed by atoms with Crippen molar-refractivity contribution in [3.8, 4) is 0 Å². The molecule has 0 saturated heterocycles. The first kappa shape index (κ1) is 15.7. The van der Waals surface area contributed by atoms with Gasteiger partial charge in [-0.2, -0.15) is 5.10 Å². The van der Waals surface area contributed by atoms with E-state index in [4.69, 9.17) is 27.9 Å². The van der Waals surface area contributed by atoms with E-state index in [1.54, 1.807) is 7.11 Å². The van der Waals surface area contributed by atoms with Gasteiger partial charge in [0, 0.05) is 39.2 Å². The second-order valence-electron chi connectivity index (χ2n) is 5.55. The van der Waals surface area contributed by atoms with E-state index >= 15 is 0 Å². The Hall–Kier alpha value is -1.23. The molecular weight excluding hydrogens is 321 g/mol. The van der Waals surface area contributed by atoms with Gasteiger partial charge in [-0.25, -0.2) is 0 Å². The smallest absolute Gasteiger partial charge is 0.0694 e. The van der Waals surface area contributed by atoms with E-state index in [9.17, 15) is 0 Å². The summed E-state index contributed by atoms with van der Waals surface area (Å²) >= 11 is 12.3. The van der Waals surface area contributed by atoms with Gasteiger partial charge < -0.3 is 9.64 Å². The number of methoxy groups -OCH3 is 1. The second-order valence-corrected chi connectivity index (χ2v) is 6.36. The third kappa shape index (κ3) is 2.96. The zero-order chi connectivity index (χ0) is 15.7. The van der Waals surface area contributed by atoms with Crippen molar-refractivity contribution >= 4 is 34.6 Å². The summed E-state index contributed by atoms with van der Waals surface area (Å²) in [4.78, 5) is 2.36. The zero-order valence-corrected chi connectivity index (χ0v) is 14.3. The van der Waals surface area contributed by atoms with Gasteiger partial charge >= 0.3 is 0 Å². The number of benzene rings is 1. The summed E-state index contributed by atoms with van der Waals surface area (Å²) < 4.78 is 5.25. The van der Waals surface area contributed by atoms with Crippen molar-refractivity contribution < 1.29 is 4.74 Å². The van der Waals surface area contributed by atoms with Crippen LogP contribution in [-0.2, 0) is 4.74 Å². The highest BCUT2D eigenvalue weighted by molar-refractivity contribution is 6.42. The lowest BCUT2D eigenvalue weighted by molar-refractivity contribution is 0.173. The zero-order valence-electron chi connectivity index (χ0n) is 12.8. The lowest BCUT2D eigenvalue weighted by atomic mass is 9.96. The predicted molar refractivity (Wildman–Crippen MR) is 91.5 cm³/mol. The van der Waals surface area contributed by atoms with Crippen molar-refractivity contribution in [3.63, 3.8) is 0 Å². The van der Waals surface area contributed by atoms with E-state index in [1.807, 2.05) is 30.3 Å². The molecule has 22 heavy (non-hydrogen) atoms. The number of rotatable bonds is 4. The van der Waals surface area contributed by atoms with Gasteiger partial charge in [0.1, 0.15) is 0 Å². The molecular formula is C16H19Cl2N3O. The number of hydrogen-bond donors (Lipinski definition) is 0. The van der Waals surface area contributed by atoms with Crippen LogP contribution in [0.3, 0.4) is 0 Å². The maximum atomic E-state index is 6.22. The van der Waals surface area contributed by atoms with E-state index in [2.05, 4.69) is 10.0 Å². The number of fused-ring (bicyclic) bond motifs is 1. The maximum absolute atomic E-state index is 6.22. The average Bonchev–Trinajstić information content (AvgIpc) is 2.87. The van der Waals surface area contributed by atoms with Crippen LogP contribution in [0, 0.1) is 0 Å². The van der Waals surface area contributed by atoms with Gasteiger partial charge in [0.05, 0.1) is 34.6 Å². The van der Waals surface area contributed by atoms with E-state index in [0.717, 1.165) is 31.6 Å². The third-order valence-corrected chi connectivity index (χ3v) is 4.74. The molecule has 0 atom stereocenters. The summed E-state index contributed by atoms with van der Waals surface area (Å²) in [6.45, 7) is 3.32. The van der Waals surface area contributed by atoms with Crippen LogP contribution in [0.5, 0.6) is 0 Å². The van der Waals surface area contributed by atoms with E-state index < -0.39 is 0 Å². The number of hydrogen-bond acceptors (Lipinski definition) is 4. The minimum Gasteiger partial charge on any atom is -0.383 e. The van der Waals surface area contributed by atoms with E-state index in [1.165, 1.54) is 17.0 Å². The lowest BCUT2D eigenvalue weighted by Crippen LogP contribution is -2.34. The van der Waals surface area contributed by atoms with Crippen LogP contribution in [0.25, 0.3) is 5.70 Å². The third-order valence-electron chi connectivity index (χ3n) is 4.01. The van der Waals surface area contributed by atoms with Crippen molar-refractivity contribution in [1.82, 2.24) is 9.91 Å². The van der Waals surface area contributed by atoms with Crippen molar-refractivity contribution in [3.05, 3.63) is 39.4 Å². The van der Waals surface area contributed by atoms with Gasteiger partial charge in [-0.05, 0) is 17.7 Å². The molecule has 2 aliphatic rings.